The summed E-state index contributed by atoms with van der Waals surface area (Å²) in [5.41, 5.74) is 0. The third kappa shape index (κ3) is 7.63. The molecule has 100 valence electrons. The summed E-state index contributed by atoms with van der Waals surface area (Å²) in [6, 6.07) is 0.352. The first-order valence-corrected chi connectivity index (χ1v) is 7.64. The van der Waals surface area contributed by atoms with Gasteiger partial charge < -0.3 is 15.4 Å². The summed E-state index contributed by atoms with van der Waals surface area (Å²) in [4.78, 5) is 11.6. The summed E-state index contributed by atoms with van der Waals surface area (Å²) >= 11 is 1.92. The SMILES string of the molecule is CCCOCCCNC(=O)CC1CSCCN1. The van der Waals surface area contributed by atoms with Crippen LogP contribution < -0.4 is 10.6 Å². The quantitative estimate of drug-likeness (QED) is 0.640. The minimum absolute atomic E-state index is 0.153. The summed E-state index contributed by atoms with van der Waals surface area (Å²) in [7, 11) is 0. The minimum Gasteiger partial charge on any atom is -0.381 e. The highest BCUT2D eigenvalue weighted by molar-refractivity contribution is 7.99. The molecule has 0 aromatic carbocycles. The van der Waals surface area contributed by atoms with Crippen LogP contribution in [0.4, 0.5) is 0 Å². The van der Waals surface area contributed by atoms with Crippen LogP contribution in [0.2, 0.25) is 0 Å². The zero-order valence-electron chi connectivity index (χ0n) is 10.7. The van der Waals surface area contributed by atoms with Crippen molar-refractivity contribution in [2.24, 2.45) is 0 Å². The summed E-state index contributed by atoms with van der Waals surface area (Å²) in [5, 5.41) is 6.30. The maximum atomic E-state index is 11.6. The van der Waals surface area contributed by atoms with Gasteiger partial charge in [0.1, 0.15) is 0 Å². The first-order valence-electron chi connectivity index (χ1n) is 6.48. The minimum atomic E-state index is 0.153. The Hall–Kier alpha value is -0.260. The van der Waals surface area contributed by atoms with E-state index in [9.17, 15) is 4.79 Å². The molecule has 1 fully saturated rings. The van der Waals surface area contributed by atoms with Crippen molar-refractivity contribution in [1.82, 2.24) is 10.6 Å². The number of nitrogens with one attached hydrogen (secondary N) is 2. The van der Waals surface area contributed by atoms with Crippen LogP contribution in [0.25, 0.3) is 0 Å². The lowest BCUT2D eigenvalue weighted by molar-refractivity contribution is -0.121. The molecular formula is C12H24N2O2S. The van der Waals surface area contributed by atoms with Crippen molar-refractivity contribution in [3.05, 3.63) is 0 Å². The van der Waals surface area contributed by atoms with Crippen molar-refractivity contribution in [1.29, 1.82) is 0 Å². The van der Waals surface area contributed by atoms with Gasteiger partial charge in [-0.3, -0.25) is 4.79 Å². The summed E-state index contributed by atoms with van der Waals surface area (Å²) in [6.07, 6.45) is 2.55. The number of carbonyl (C=O) groups is 1. The molecule has 5 heteroatoms. The topological polar surface area (TPSA) is 50.4 Å². The molecule has 0 spiro atoms. The number of hydrogen-bond donors (Lipinski definition) is 2. The fraction of sp³-hybridized carbons (Fsp3) is 0.917. The Morgan fingerprint density at radius 2 is 2.41 bits per heavy atom. The predicted molar refractivity (Wildman–Crippen MR) is 72.5 cm³/mol. The van der Waals surface area contributed by atoms with Crippen LogP contribution in [-0.4, -0.2) is 49.8 Å². The van der Waals surface area contributed by atoms with Crippen LogP contribution in [0.1, 0.15) is 26.2 Å². The first-order chi connectivity index (χ1) is 8.33. The zero-order valence-corrected chi connectivity index (χ0v) is 11.5. The Bertz CT molecular complexity index is 209. The van der Waals surface area contributed by atoms with Gasteiger partial charge in [0.2, 0.25) is 5.91 Å². The van der Waals surface area contributed by atoms with Crippen molar-refractivity contribution in [3.63, 3.8) is 0 Å². The highest BCUT2D eigenvalue weighted by atomic mass is 32.2. The van der Waals surface area contributed by atoms with E-state index >= 15 is 0 Å². The molecule has 1 saturated heterocycles. The molecule has 0 aromatic heterocycles. The molecule has 1 amide bonds. The lowest BCUT2D eigenvalue weighted by Gasteiger charge is -2.22. The Balaban J connectivity index is 1.93. The predicted octanol–water partition coefficient (Wildman–Crippen LogP) is 1.01. The molecule has 1 aliphatic rings. The second-order valence-corrected chi connectivity index (χ2v) is 5.40. The summed E-state index contributed by atoms with van der Waals surface area (Å²) in [5.74, 6) is 2.36. The van der Waals surface area contributed by atoms with E-state index in [2.05, 4.69) is 17.6 Å². The maximum absolute atomic E-state index is 11.6. The Morgan fingerprint density at radius 1 is 1.53 bits per heavy atom. The van der Waals surface area contributed by atoms with Crippen LogP contribution in [-0.2, 0) is 9.53 Å². The fourth-order valence-corrected chi connectivity index (χ4v) is 2.64. The Kier molecular flexibility index (Phi) is 8.48. The molecular weight excluding hydrogens is 236 g/mol. The van der Waals surface area contributed by atoms with Gasteiger partial charge in [0, 0.05) is 50.3 Å². The number of rotatable bonds is 8. The molecule has 1 aliphatic heterocycles. The van der Waals surface area contributed by atoms with Gasteiger partial charge in [-0.15, -0.1) is 0 Å². The molecule has 4 nitrogen and oxygen atoms in total. The van der Waals surface area contributed by atoms with Crippen molar-refractivity contribution in [3.8, 4) is 0 Å². The van der Waals surface area contributed by atoms with Gasteiger partial charge in [-0.1, -0.05) is 6.92 Å². The maximum Gasteiger partial charge on any atom is 0.221 e. The highest BCUT2D eigenvalue weighted by Gasteiger charge is 2.15. The van der Waals surface area contributed by atoms with E-state index in [1.165, 1.54) is 0 Å². The molecule has 0 saturated carbocycles. The van der Waals surface area contributed by atoms with Crippen LogP contribution in [0.3, 0.4) is 0 Å². The van der Waals surface area contributed by atoms with Gasteiger partial charge in [-0.25, -0.2) is 0 Å². The number of ether oxygens (including phenoxy) is 1. The van der Waals surface area contributed by atoms with Crippen LogP contribution >= 0.6 is 11.8 Å². The summed E-state index contributed by atoms with van der Waals surface area (Å²) in [6.45, 7) is 5.40. The van der Waals surface area contributed by atoms with Gasteiger partial charge in [-0.05, 0) is 12.8 Å². The number of amides is 1. The van der Waals surface area contributed by atoms with Crippen LogP contribution in [0.5, 0.6) is 0 Å². The monoisotopic (exact) mass is 260 g/mol. The van der Waals surface area contributed by atoms with Crippen molar-refractivity contribution < 1.29 is 9.53 Å². The van der Waals surface area contributed by atoms with E-state index in [0.717, 1.165) is 50.7 Å². The third-order valence-corrected chi connectivity index (χ3v) is 3.70. The molecule has 0 aliphatic carbocycles. The van der Waals surface area contributed by atoms with Crippen molar-refractivity contribution >= 4 is 17.7 Å². The lowest BCUT2D eigenvalue weighted by Crippen LogP contribution is -2.41. The van der Waals surface area contributed by atoms with Gasteiger partial charge >= 0.3 is 0 Å². The van der Waals surface area contributed by atoms with E-state index < -0.39 is 0 Å². The largest absolute Gasteiger partial charge is 0.381 e. The van der Waals surface area contributed by atoms with Crippen molar-refractivity contribution in [2.75, 3.05) is 37.8 Å². The number of thioether (sulfide) groups is 1. The lowest BCUT2D eigenvalue weighted by atomic mass is 10.2. The van der Waals surface area contributed by atoms with Gasteiger partial charge in [0.15, 0.2) is 0 Å². The molecule has 17 heavy (non-hydrogen) atoms. The Morgan fingerprint density at radius 3 is 3.12 bits per heavy atom. The van der Waals surface area contributed by atoms with E-state index in [1.54, 1.807) is 0 Å². The standard InChI is InChI=1S/C12H24N2O2S/c1-2-6-16-7-3-4-14-12(15)9-11-10-17-8-5-13-11/h11,13H,2-10H2,1H3,(H,14,15). The van der Waals surface area contributed by atoms with Crippen molar-refractivity contribution in [2.45, 2.75) is 32.2 Å². The summed E-state index contributed by atoms with van der Waals surface area (Å²) < 4.78 is 5.35. The molecule has 1 unspecified atom stereocenters. The Labute approximate surface area is 108 Å². The van der Waals surface area contributed by atoms with E-state index in [0.29, 0.717) is 12.5 Å². The van der Waals surface area contributed by atoms with E-state index in [-0.39, 0.29) is 5.91 Å². The second-order valence-electron chi connectivity index (χ2n) is 4.25. The number of carbonyl (C=O) groups excluding carboxylic acids is 1. The van der Waals surface area contributed by atoms with Gasteiger partial charge in [0.25, 0.3) is 0 Å². The molecule has 1 heterocycles. The van der Waals surface area contributed by atoms with E-state index in [4.69, 9.17) is 4.74 Å². The highest BCUT2D eigenvalue weighted by Crippen LogP contribution is 2.09. The fourth-order valence-electron chi connectivity index (χ4n) is 1.70. The molecule has 0 bridgehead atoms. The smallest absolute Gasteiger partial charge is 0.221 e. The van der Waals surface area contributed by atoms with Crippen LogP contribution in [0.15, 0.2) is 0 Å². The van der Waals surface area contributed by atoms with Gasteiger partial charge in [0.05, 0.1) is 0 Å². The van der Waals surface area contributed by atoms with Gasteiger partial charge in [-0.2, -0.15) is 11.8 Å². The number of hydrogen-bond acceptors (Lipinski definition) is 4. The van der Waals surface area contributed by atoms with Crippen LogP contribution in [0, 0.1) is 0 Å². The van der Waals surface area contributed by atoms with E-state index in [1.807, 2.05) is 11.8 Å². The normalized spacial score (nSPS) is 20.2. The molecule has 1 rings (SSSR count). The molecule has 0 radical (unpaired) electrons. The average Bonchev–Trinajstić information content (AvgIpc) is 2.35. The molecule has 1 atom stereocenters. The zero-order chi connectivity index (χ0) is 12.3. The first kappa shape index (κ1) is 14.8. The molecule has 0 aromatic rings. The third-order valence-electron chi connectivity index (χ3n) is 2.57. The molecule has 2 N–H and O–H groups in total. The second kappa shape index (κ2) is 9.74. The average molecular weight is 260 g/mol.